The van der Waals surface area contributed by atoms with Crippen LogP contribution in [0.1, 0.15) is 15.5 Å². The molecule has 0 unspecified atom stereocenters. The standard InChI is InChI=1S/C15H10ClN3O3S2/c16-9-3-5-10(6-4-9)19-15(24-8-12(20)21)17-14(18-19)13(22)11-2-1-7-23-11/h1-7H,8H2,(H,20,21). The van der Waals surface area contributed by atoms with Gasteiger partial charge in [-0.2, -0.15) is 4.98 Å². The quantitative estimate of drug-likeness (QED) is 0.522. The number of nitrogens with zero attached hydrogens (tertiary/aromatic N) is 3. The van der Waals surface area contributed by atoms with Crippen LogP contribution in [0.4, 0.5) is 0 Å². The van der Waals surface area contributed by atoms with Gasteiger partial charge in [-0.25, -0.2) is 4.68 Å². The largest absolute Gasteiger partial charge is 0.481 e. The fraction of sp³-hybridized carbons (Fsp3) is 0.0667. The molecule has 0 spiro atoms. The number of hydrogen-bond acceptors (Lipinski definition) is 6. The molecule has 1 N–H and O–H groups in total. The molecular weight excluding hydrogens is 370 g/mol. The van der Waals surface area contributed by atoms with Gasteiger partial charge in [-0.05, 0) is 35.7 Å². The van der Waals surface area contributed by atoms with Gasteiger partial charge >= 0.3 is 5.97 Å². The molecule has 0 amide bonds. The summed E-state index contributed by atoms with van der Waals surface area (Å²) in [6, 6.07) is 10.3. The lowest BCUT2D eigenvalue weighted by Crippen LogP contribution is -2.04. The van der Waals surface area contributed by atoms with E-state index < -0.39 is 5.97 Å². The number of carbonyl (C=O) groups is 2. The van der Waals surface area contributed by atoms with E-state index in [0.29, 0.717) is 20.7 Å². The Bertz CT molecular complexity index is 876. The van der Waals surface area contributed by atoms with Crippen LogP contribution in [-0.4, -0.2) is 37.4 Å². The van der Waals surface area contributed by atoms with Crippen LogP contribution in [0.2, 0.25) is 5.02 Å². The summed E-state index contributed by atoms with van der Waals surface area (Å²) in [4.78, 5) is 28.0. The molecule has 0 atom stereocenters. The Labute approximate surface area is 150 Å². The van der Waals surface area contributed by atoms with Crippen LogP contribution in [0, 0.1) is 0 Å². The topological polar surface area (TPSA) is 85.1 Å². The van der Waals surface area contributed by atoms with E-state index in [1.807, 2.05) is 0 Å². The molecule has 0 aliphatic rings. The fourth-order valence-corrected chi connectivity index (χ4v) is 3.34. The molecule has 0 radical (unpaired) electrons. The molecular formula is C15H10ClN3O3S2. The second-order valence-corrected chi connectivity index (χ2v) is 6.92. The molecule has 0 saturated heterocycles. The molecule has 3 rings (SSSR count). The van der Waals surface area contributed by atoms with Crippen molar-refractivity contribution >= 4 is 46.5 Å². The number of aromatic nitrogens is 3. The molecule has 0 saturated carbocycles. The Morgan fingerprint density at radius 1 is 1.25 bits per heavy atom. The van der Waals surface area contributed by atoms with Crippen molar-refractivity contribution in [1.82, 2.24) is 14.8 Å². The maximum atomic E-state index is 12.4. The lowest BCUT2D eigenvalue weighted by molar-refractivity contribution is -0.133. The molecule has 6 nitrogen and oxygen atoms in total. The Morgan fingerprint density at radius 3 is 2.62 bits per heavy atom. The first kappa shape index (κ1) is 16.7. The van der Waals surface area contributed by atoms with Gasteiger partial charge in [0, 0.05) is 5.02 Å². The highest BCUT2D eigenvalue weighted by Crippen LogP contribution is 2.23. The van der Waals surface area contributed by atoms with Crippen molar-refractivity contribution in [3.63, 3.8) is 0 Å². The monoisotopic (exact) mass is 379 g/mol. The molecule has 1 aromatic carbocycles. The van der Waals surface area contributed by atoms with E-state index in [1.165, 1.54) is 16.0 Å². The Morgan fingerprint density at radius 2 is 2.00 bits per heavy atom. The van der Waals surface area contributed by atoms with E-state index in [1.54, 1.807) is 41.8 Å². The predicted octanol–water partition coefficient (Wildman–Crippen LogP) is 3.39. The highest BCUT2D eigenvalue weighted by molar-refractivity contribution is 7.99. The number of carbonyl (C=O) groups excluding carboxylic acids is 1. The third kappa shape index (κ3) is 3.66. The molecule has 3 aromatic rings. The zero-order chi connectivity index (χ0) is 17.1. The van der Waals surface area contributed by atoms with Crippen LogP contribution in [0.15, 0.2) is 46.9 Å². The van der Waals surface area contributed by atoms with E-state index in [9.17, 15) is 9.59 Å². The summed E-state index contributed by atoms with van der Waals surface area (Å²) in [5.74, 6) is -1.43. The minimum Gasteiger partial charge on any atom is -0.481 e. The smallest absolute Gasteiger partial charge is 0.313 e. The second-order valence-electron chi connectivity index (χ2n) is 4.60. The number of carboxylic acid groups (broad SMARTS) is 1. The summed E-state index contributed by atoms with van der Waals surface area (Å²) >= 11 is 8.18. The summed E-state index contributed by atoms with van der Waals surface area (Å²) in [6.07, 6.45) is 0. The molecule has 0 aliphatic carbocycles. The number of halogens is 1. The average molecular weight is 380 g/mol. The first-order valence-corrected chi connectivity index (χ1v) is 8.94. The van der Waals surface area contributed by atoms with Gasteiger partial charge in [-0.15, -0.1) is 16.4 Å². The van der Waals surface area contributed by atoms with Crippen molar-refractivity contribution < 1.29 is 14.7 Å². The Hall–Kier alpha value is -2.16. The maximum Gasteiger partial charge on any atom is 0.313 e. The van der Waals surface area contributed by atoms with Crippen LogP contribution < -0.4 is 0 Å². The van der Waals surface area contributed by atoms with Crippen LogP contribution in [0.25, 0.3) is 5.69 Å². The number of benzene rings is 1. The van der Waals surface area contributed by atoms with Gasteiger partial charge in [0.2, 0.25) is 11.6 Å². The van der Waals surface area contributed by atoms with Crippen LogP contribution in [-0.2, 0) is 4.79 Å². The zero-order valence-electron chi connectivity index (χ0n) is 12.0. The average Bonchev–Trinajstić information content (AvgIpc) is 3.23. The Balaban J connectivity index is 2.00. The summed E-state index contributed by atoms with van der Waals surface area (Å²) in [5, 5.41) is 15.8. The first-order valence-electron chi connectivity index (χ1n) is 6.70. The molecule has 0 bridgehead atoms. The number of thioether (sulfide) groups is 1. The van der Waals surface area contributed by atoms with Crippen LogP contribution in [0.3, 0.4) is 0 Å². The molecule has 24 heavy (non-hydrogen) atoms. The van der Waals surface area contributed by atoms with Crippen molar-refractivity contribution in [2.24, 2.45) is 0 Å². The first-order chi connectivity index (χ1) is 11.5. The third-order valence-electron chi connectivity index (χ3n) is 2.92. The summed E-state index contributed by atoms with van der Waals surface area (Å²) in [5.41, 5.74) is 0.644. The van der Waals surface area contributed by atoms with Gasteiger partial charge in [-0.3, -0.25) is 9.59 Å². The van der Waals surface area contributed by atoms with Crippen LogP contribution >= 0.6 is 34.7 Å². The Kier molecular flexibility index (Phi) is 4.98. The highest BCUT2D eigenvalue weighted by Gasteiger charge is 2.20. The minimum atomic E-state index is -0.975. The number of carboxylic acids is 1. The number of rotatable bonds is 6. The van der Waals surface area contributed by atoms with E-state index in [-0.39, 0.29) is 17.4 Å². The van der Waals surface area contributed by atoms with Crippen molar-refractivity contribution in [3.05, 3.63) is 57.5 Å². The highest BCUT2D eigenvalue weighted by atomic mass is 35.5. The van der Waals surface area contributed by atoms with Gasteiger partial charge in [0.15, 0.2) is 5.16 Å². The fourth-order valence-electron chi connectivity index (χ4n) is 1.88. The lowest BCUT2D eigenvalue weighted by Gasteiger charge is -2.04. The van der Waals surface area contributed by atoms with Crippen molar-refractivity contribution in [2.45, 2.75) is 5.16 Å². The van der Waals surface area contributed by atoms with Crippen molar-refractivity contribution in [2.75, 3.05) is 5.75 Å². The maximum absolute atomic E-state index is 12.4. The molecule has 0 fully saturated rings. The number of hydrogen-bond donors (Lipinski definition) is 1. The van der Waals surface area contributed by atoms with E-state index in [0.717, 1.165) is 11.8 Å². The number of aliphatic carboxylic acids is 1. The van der Waals surface area contributed by atoms with Crippen molar-refractivity contribution in [1.29, 1.82) is 0 Å². The van der Waals surface area contributed by atoms with Gasteiger partial charge < -0.3 is 5.11 Å². The molecule has 2 aromatic heterocycles. The van der Waals surface area contributed by atoms with E-state index in [2.05, 4.69) is 10.1 Å². The SMILES string of the molecule is O=C(O)CSc1nc(C(=O)c2cccs2)nn1-c1ccc(Cl)cc1. The van der Waals surface area contributed by atoms with E-state index in [4.69, 9.17) is 16.7 Å². The molecule has 9 heteroatoms. The minimum absolute atomic E-state index is 0.0280. The second kappa shape index (κ2) is 7.16. The number of thiophene rings is 1. The molecule has 2 heterocycles. The van der Waals surface area contributed by atoms with Gasteiger partial charge in [0.25, 0.3) is 0 Å². The predicted molar refractivity (Wildman–Crippen MR) is 92.5 cm³/mol. The molecule has 0 aliphatic heterocycles. The van der Waals surface area contributed by atoms with Gasteiger partial charge in [0.1, 0.15) is 0 Å². The zero-order valence-corrected chi connectivity index (χ0v) is 14.4. The summed E-state index contributed by atoms with van der Waals surface area (Å²) < 4.78 is 1.45. The summed E-state index contributed by atoms with van der Waals surface area (Å²) in [6.45, 7) is 0. The van der Waals surface area contributed by atoms with E-state index >= 15 is 0 Å². The third-order valence-corrected chi connectivity index (χ3v) is 4.96. The lowest BCUT2D eigenvalue weighted by atomic mass is 10.3. The summed E-state index contributed by atoms with van der Waals surface area (Å²) in [7, 11) is 0. The van der Waals surface area contributed by atoms with Gasteiger partial charge in [-0.1, -0.05) is 29.4 Å². The van der Waals surface area contributed by atoms with Crippen LogP contribution in [0.5, 0.6) is 0 Å². The van der Waals surface area contributed by atoms with Crippen molar-refractivity contribution in [3.8, 4) is 5.69 Å². The van der Waals surface area contributed by atoms with Gasteiger partial charge in [0.05, 0.1) is 16.3 Å². The number of ketones is 1. The normalized spacial score (nSPS) is 10.7. The molecule has 122 valence electrons.